The van der Waals surface area contributed by atoms with Crippen molar-refractivity contribution >= 4 is 5.97 Å². The van der Waals surface area contributed by atoms with E-state index in [0.717, 1.165) is 6.54 Å². The van der Waals surface area contributed by atoms with Gasteiger partial charge < -0.3 is 15.2 Å². The predicted molar refractivity (Wildman–Crippen MR) is 49.5 cm³/mol. The molecule has 1 aliphatic rings. The second kappa shape index (κ2) is 5.62. The standard InChI is InChI=1S/C8H10N2.C2HF3O2/c1-3-9-6-8-2-4-10-5-7(1)8;3-2(4,5)1(6)7/h1,3,6,10H,2,4-5H2;(H,6,7). The number of nitrogens with two attached hydrogens (primary N) is 1. The van der Waals surface area contributed by atoms with Gasteiger partial charge in [0, 0.05) is 24.4 Å². The lowest BCUT2D eigenvalue weighted by Gasteiger charge is -2.12. The van der Waals surface area contributed by atoms with Crippen molar-refractivity contribution in [2.75, 3.05) is 6.54 Å². The number of pyridine rings is 1. The van der Waals surface area contributed by atoms with Gasteiger partial charge in [-0.15, -0.1) is 0 Å². The Kier molecular flexibility index (Phi) is 4.45. The van der Waals surface area contributed by atoms with E-state index in [1.54, 1.807) is 0 Å². The monoisotopic (exact) mass is 248 g/mol. The molecule has 1 aromatic heterocycles. The van der Waals surface area contributed by atoms with Crippen LogP contribution in [0.4, 0.5) is 13.2 Å². The van der Waals surface area contributed by atoms with Gasteiger partial charge >= 0.3 is 6.18 Å². The summed E-state index contributed by atoms with van der Waals surface area (Å²) in [5, 5.41) is 11.1. The Morgan fingerprint density at radius 3 is 2.59 bits per heavy atom. The largest absolute Gasteiger partial charge is 0.542 e. The van der Waals surface area contributed by atoms with Crippen LogP contribution in [0.15, 0.2) is 18.5 Å². The molecule has 4 nitrogen and oxygen atoms in total. The molecule has 2 heterocycles. The number of nitrogens with zero attached hydrogens (tertiary/aromatic N) is 1. The zero-order valence-corrected chi connectivity index (χ0v) is 8.83. The number of quaternary nitrogens is 1. The number of carbonyl (C=O) groups excluding carboxylic acids is 1. The average molecular weight is 248 g/mol. The highest BCUT2D eigenvalue weighted by Gasteiger charge is 2.28. The molecule has 1 aliphatic heterocycles. The van der Waals surface area contributed by atoms with Crippen LogP contribution in [-0.4, -0.2) is 23.7 Å². The van der Waals surface area contributed by atoms with Gasteiger partial charge in [0.05, 0.1) is 6.54 Å². The Morgan fingerprint density at radius 2 is 2.06 bits per heavy atom. The molecule has 0 bridgehead atoms. The summed E-state index contributed by atoms with van der Waals surface area (Å²) < 4.78 is 31.5. The molecule has 0 saturated carbocycles. The fraction of sp³-hybridized carbons (Fsp3) is 0.400. The van der Waals surface area contributed by atoms with E-state index >= 15 is 0 Å². The van der Waals surface area contributed by atoms with Crippen molar-refractivity contribution in [1.29, 1.82) is 0 Å². The van der Waals surface area contributed by atoms with Crippen LogP contribution in [0.3, 0.4) is 0 Å². The highest BCUT2D eigenvalue weighted by Crippen LogP contribution is 2.11. The summed E-state index contributed by atoms with van der Waals surface area (Å²) in [5.41, 5.74) is 2.89. The Labute approximate surface area is 95.5 Å². The molecule has 94 valence electrons. The first-order valence-corrected chi connectivity index (χ1v) is 4.93. The zero-order valence-electron chi connectivity index (χ0n) is 8.83. The van der Waals surface area contributed by atoms with E-state index in [9.17, 15) is 13.2 Å². The van der Waals surface area contributed by atoms with Crippen molar-refractivity contribution in [1.82, 2.24) is 4.98 Å². The van der Waals surface area contributed by atoms with Gasteiger partial charge in [-0.3, -0.25) is 4.98 Å². The number of hydrogen-bond acceptors (Lipinski definition) is 3. The first kappa shape index (κ1) is 13.4. The molecule has 0 fully saturated rings. The summed E-state index contributed by atoms with van der Waals surface area (Å²) in [6.45, 7) is 2.36. The number of carboxylic acids is 1. The van der Waals surface area contributed by atoms with Crippen LogP contribution in [0.2, 0.25) is 0 Å². The van der Waals surface area contributed by atoms with Crippen LogP contribution in [0, 0.1) is 0 Å². The number of rotatable bonds is 0. The van der Waals surface area contributed by atoms with Crippen molar-refractivity contribution in [2.24, 2.45) is 0 Å². The number of alkyl halides is 3. The second-order valence-electron chi connectivity index (χ2n) is 3.46. The molecule has 1 aromatic rings. The summed E-state index contributed by atoms with van der Waals surface area (Å²) in [5.74, 6) is -3.01. The molecule has 0 aromatic carbocycles. The summed E-state index contributed by atoms with van der Waals surface area (Å²) in [6.07, 6.45) is -0.149. The maximum absolute atomic E-state index is 10.5. The molecular weight excluding hydrogens is 237 g/mol. The van der Waals surface area contributed by atoms with Gasteiger partial charge in [0.1, 0.15) is 12.5 Å². The molecule has 0 radical (unpaired) electrons. The third-order valence-electron chi connectivity index (χ3n) is 2.22. The summed E-state index contributed by atoms with van der Waals surface area (Å²) in [6, 6.07) is 2.12. The smallest absolute Gasteiger partial charge is 0.430 e. The quantitative estimate of drug-likeness (QED) is 0.640. The van der Waals surface area contributed by atoms with Gasteiger partial charge in [0.2, 0.25) is 0 Å². The topological polar surface area (TPSA) is 69.6 Å². The predicted octanol–water partition coefficient (Wildman–Crippen LogP) is -1.00. The van der Waals surface area contributed by atoms with Crippen LogP contribution in [0.25, 0.3) is 0 Å². The first-order valence-electron chi connectivity index (χ1n) is 4.93. The van der Waals surface area contributed by atoms with E-state index in [-0.39, 0.29) is 0 Å². The number of carboxylic acid groups (broad SMARTS) is 1. The average Bonchev–Trinajstić information content (AvgIpc) is 2.29. The van der Waals surface area contributed by atoms with Crippen LogP contribution < -0.4 is 10.4 Å². The van der Waals surface area contributed by atoms with Gasteiger partial charge in [0.25, 0.3) is 0 Å². The molecule has 2 N–H and O–H groups in total. The van der Waals surface area contributed by atoms with Crippen LogP contribution in [-0.2, 0) is 17.8 Å². The van der Waals surface area contributed by atoms with E-state index in [4.69, 9.17) is 9.90 Å². The molecule has 0 aliphatic carbocycles. The Bertz CT molecular complexity index is 368. The molecule has 0 atom stereocenters. The Morgan fingerprint density at radius 1 is 1.41 bits per heavy atom. The van der Waals surface area contributed by atoms with E-state index in [2.05, 4.69) is 16.4 Å². The van der Waals surface area contributed by atoms with Crippen LogP contribution in [0.5, 0.6) is 0 Å². The maximum Gasteiger partial charge on any atom is 0.430 e. The minimum absolute atomic E-state index is 1.14. The Balaban J connectivity index is 0.000000185. The van der Waals surface area contributed by atoms with E-state index in [0.29, 0.717) is 0 Å². The minimum atomic E-state index is -5.19. The third-order valence-corrected chi connectivity index (χ3v) is 2.22. The number of carbonyl (C=O) groups is 1. The van der Waals surface area contributed by atoms with Gasteiger partial charge in [-0.05, 0) is 11.6 Å². The molecule has 0 amide bonds. The summed E-state index contributed by atoms with van der Waals surface area (Å²) in [4.78, 5) is 12.9. The lowest BCUT2D eigenvalue weighted by molar-refractivity contribution is -0.673. The first-order chi connectivity index (χ1) is 7.91. The molecule has 7 heteroatoms. The number of aromatic nitrogens is 1. The normalized spacial score (nSPS) is 14.3. The number of halogens is 3. The lowest BCUT2D eigenvalue weighted by Crippen LogP contribution is -2.84. The highest BCUT2D eigenvalue weighted by molar-refractivity contribution is 5.70. The van der Waals surface area contributed by atoms with Crippen molar-refractivity contribution < 1.29 is 28.4 Å². The molecule has 0 unspecified atom stereocenters. The van der Waals surface area contributed by atoms with Gasteiger partial charge in [-0.1, -0.05) is 0 Å². The Hall–Kier alpha value is -1.63. The van der Waals surface area contributed by atoms with Gasteiger partial charge in [0.15, 0.2) is 0 Å². The molecule has 2 rings (SSSR count). The van der Waals surface area contributed by atoms with Crippen molar-refractivity contribution in [3.8, 4) is 0 Å². The maximum atomic E-state index is 10.5. The lowest BCUT2D eigenvalue weighted by atomic mass is 10.0. The SMILES string of the molecule is O=C([O-])C(F)(F)F.c1cc2c(cn1)CC[NH2+]C2. The molecule has 17 heavy (non-hydrogen) atoms. The number of hydrogen-bond donors (Lipinski definition) is 1. The minimum Gasteiger partial charge on any atom is -0.542 e. The fourth-order valence-corrected chi connectivity index (χ4v) is 1.40. The molecular formula is C10H11F3N2O2. The van der Waals surface area contributed by atoms with Gasteiger partial charge in [-0.2, -0.15) is 13.2 Å². The van der Waals surface area contributed by atoms with Crippen LogP contribution >= 0.6 is 0 Å². The van der Waals surface area contributed by atoms with E-state index in [1.165, 1.54) is 24.1 Å². The van der Waals surface area contributed by atoms with Crippen molar-refractivity contribution in [3.63, 3.8) is 0 Å². The fourth-order valence-electron chi connectivity index (χ4n) is 1.40. The number of aliphatic carboxylic acids is 1. The van der Waals surface area contributed by atoms with E-state index < -0.39 is 12.1 Å². The van der Waals surface area contributed by atoms with Crippen molar-refractivity contribution in [2.45, 2.75) is 19.1 Å². The second-order valence-corrected chi connectivity index (χ2v) is 3.46. The summed E-state index contributed by atoms with van der Waals surface area (Å²) in [7, 11) is 0. The summed E-state index contributed by atoms with van der Waals surface area (Å²) >= 11 is 0. The number of fused-ring (bicyclic) bond motifs is 1. The van der Waals surface area contributed by atoms with Crippen LogP contribution in [0.1, 0.15) is 11.1 Å². The van der Waals surface area contributed by atoms with Crippen molar-refractivity contribution in [3.05, 3.63) is 29.6 Å². The zero-order chi connectivity index (χ0) is 12.9. The third kappa shape index (κ3) is 4.39. The molecule has 0 saturated heterocycles. The van der Waals surface area contributed by atoms with E-state index in [1.807, 2.05) is 12.4 Å². The van der Waals surface area contributed by atoms with Gasteiger partial charge in [-0.25, -0.2) is 0 Å². The molecule has 0 spiro atoms. The highest BCUT2D eigenvalue weighted by atomic mass is 19.4.